The summed E-state index contributed by atoms with van der Waals surface area (Å²) >= 11 is 0. The van der Waals surface area contributed by atoms with Crippen LogP contribution in [0.25, 0.3) is 0 Å². The highest BCUT2D eigenvalue weighted by Crippen LogP contribution is 2.27. The van der Waals surface area contributed by atoms with Crippen molar-refractivity contribution in [1.82, 2.24) is 10.2 Å². The Morgan fingerprint density at radius 3 is 2.29 bits per heavy atom. The summed E-state index contributed by atoms with van der Waals surface area (Å²) in [5.41, 5.74) is 0.801. The highest BCUT2D eigenvalue weighted by molar-refractivity contribution is 4.96. The van der Waals surface area contributed by atoms with Crippen LogP contribution < -0.4 is 5.32 Å². The minimum Gasteiger partial charge on any atom is -0.308 e. The third kappa shape index (κ3) is 3.69. The summed E-state index contributed by atoms with van der Waals surface area (Å²) in [7, 11) is 0. The lowest BCUT2D eigenvalue weighted by Gasteiger charge is -2.48. The van der Waals surface area contributed by atoms with Crippen molar-refractivity contribution in [1.29, 1.82) is 0 Å². The minimum atomic E-state index is 0.357. The lowest BCUT2D eigenvalue weighted by molar-refractivity contribution is 0.0483. The molecule has 1 aliphatic heterocycles. The van der Waals surface area contributed by atoms with E-state index in [1.54, 1.807) is 0 Å². The molecule has 0 saturated carbocycles. The van der Waals surface area contributed by atoms with E-state index >= 15 is 0 Å². The van der Waals surface area contributed by atoms with Crippen LogP contribution in [0.4, 0.5) is 0 Å². The molecule has 0 spiro atoms. The van der Waals surface area contributed by atoms with E-state index in [2.05, 4.69) is 51.8 Å². The van der Waals surface area contributed by atoms with E-state index in [-0.39, 0.29) is 0 Å². The van der Waals surface area contributed by atoms with E-state index in [0.29, 0.717) is 17.0 Å². The molecule has 1 fully saturated rings. The smallest absolute Gasteiger partial charge is 0.0304 e. The van der Waals surface area contributed by atoms with Gasteiger partial charge in [0.25, 0.3) is 0 Å². The molecule has 1 heterocycles. The average Bonchev–Trinajstić information content (AvgIpc) is 2.32. The number of hydrogen-bond acceptors (Lipinski definition) is 2. The number of rotatable bonds is 5. The minimum absolute atomic E-state index is 0.357. The summed E-state index contributed by atoms with van der Waals surface area (Å²) in [5, 5.41) is 3.77. The molecule has 1 unspecified atom stereocenters. The predicted octanol–water partition coefficient (Wildman–Crippen LogP) is 3.28. The van der Waals surface area contributed by atoms with Gasteiger partial charge in [-0.2, -0.15) is 0 Å². The molecule has 0 bridgehead atoms. The lowest BCUT2D eigenvalue weighted by Crippen LogP contribution is -2.64. The van der Waals surface area contributed by atoms with Gasteiger partial charge in [0, 0.05) is 31.2 Å². The van der Waals surface area contributed by atoms with Crippen LogP contribution in [0.3, 0.4) is 0 Å². The molecule has 0 radical (unpaired) electrons. The molecule has 1 rings (SSSR count). The van der Waals surface area contributed by atoms with Gasteiger partial charge in [-0.05, 0) is 31.6 Å². The van der Waals surface area contributed by atoms with Gasteiger partial charge in [-0.3, -0.25) is 4.90 Å². The average molecular weight is 240 g/mol. The van der Waals surface area contributed by atoms with Crippen LogP contribution in [0.15, 0.2) is 0 Å². The van der Waals surface area contributed by atoms with Crippen molar-refractivity contribution < 1.29 is 0 Å². The first kappa shape index (κ1) is 15.0. The number of nitrogens with one attached hydrogen (secondary N) is 1. The van der Waals surface area contributed by atoms with Crippen molar-refractivity contribution in [2.24, 2.45) is 5.41 Å². The van der Waals surface area contributed by atoms with Crippen LogP contribution in [0.5, 0.6) is 0 Å². The first-order chi connectivity index (χ1) is 7.88. The van der Waals surface area contributed by atoms with Crippen LogP contribution in [0.1, 0.15) is 60.8 Å². The van der Waals surface area contributed by atoms with Crippen LogP contribution >= 0.6 is 0 Å². The van der Waals surface area contributed by atoms with Gasteiger partial charge in [0.05, 0.1) is 0 Å². The van der Waals surface area contributed by atoms with Crippen LogP contribution in [0.2, 0.25) is 0 Å². The third-order valence-electron chi connectivity index (χ3n) is 4.84. The highest BCUT2D eigenvalue weighted by atomic mass is 15.3. The Morgan fingerprint density at radius 2 is 1.82 bits per heavy atom. The molecule has 0 aromatic carbocycles. The summed E-state index contributed by atoms with van der Waals surface area (Å²) in [4.78, 5) is 2.70. The number of nitrogens with zero attached hydrogens (tertiary/aromatic N) is 1. The fourth-order valence-electron chi connectivity index (χ4n) is 2.69. The second-order valence-corrected chi connectivity index (χ2v) is 6.64. The first-order valence-electron chi connectivity index (χ1n) is 7.37. The summed E-state index contributed by atoms with van der Waals surface area (Å²) < 4.78 is 0. The molecule has 1 N–H and O–H groups in total. The summed E-state index contributed by atoms with van der Waals surface area (Å²) in [6.07, 6.45) is 3.73. The second kappa shape index (κ2) is 5.71. The summed E-state index contributed by atoms with van der Waals surface area (Å²) in [5.74, 6) is 0. The molecule has 0 aromatic rings. The van der Waals surface area contributed by atoms with Gasteiger partial charge in [-0.1, -0.05) is 34.6 Å². The Kier molecular flexibility index (Phi) is 5.03. The maximum atomic E-state index is 3.77. The second-order valence-electron chi connectivity index (χ2n) is 6.64. The largest absolute Gasteiger partial charge is 0.308 e. The Labute approximate surface area is 108 Å². The van der Waals surface area contributed by atoms with Gasteiger partial charge >= 0.3 is 0 Å². The topological polar surface area (TPSA) is 15.3 Å². The molecule has 1 aliphatic rings. The van der Waals surface area contributed by atoms with Gasteiger partial charge in [0.1, 0.15) is 0 Å². The Hall–Kier alpha value is -0.0800. The zero-order chi connectivity index (χ0) is 13.1. The molecule has 2 nitrogen and oxygen atoms in total. The summed E-state index contributed by atoms with van der Waals surface area (Å²) in [6.45, 7) is 17.7. The van der Waals surface area contributed by atoms with E-state index in [9.17, 15) is 0 Å². The number of hydrogen-bond donors (Lipinski definition) is 1. The SMILES string of the molecule is CCC(C)(C)CN1CC(CC)(CC)NCC1C. The van der Waals surface area contributed by atoms with Crippen LogP contribution in [-0.4, -0.2) is 36.1 Å². The molecule has 1 atom stereocenters. The molecule has 1 saturated heterocycles. The van der Waals surface area contributed by atoms with E-state index in [1.165, 1.54) is 32.4 Å². The van der Waals surface area contributed by atoms with Crippen molar-refractivity contribution in [3.8, 4) is 0 Å². The van der Waals surface area contributed by atoms with Crippen molar-refractivity contribution >= 4 is 0 Å². The standard InChI is InChI=1S/C15H32N2/c1-7-14(5,6)11-17-12-15(8-2,9-3)16-10-13(17)4/h13,16H,7-12H2,1-6H3. The normalized spacial score (nSPS) is 26.1. The first-order valence-corrected chi connectivity index (χ1v) is 7.37. The quantitative estimate of drug-likeness (QED) is 0.793. The molecule has 17 heavy (non-hydrogen) atoms. The van der Waals surface area contributed by atoms with E-state index < -0.39 is 0 Å². The van der Waals surface area contributed by atoms with E-state index in [0.717, 1.165) is 6.54 Å². The third-order valence-corrected chi connectivity index (χ3v) is 4.84. The van der Waals surface area contributed by atoms with E-state index in [1.807, 2.05) is 0 Å². The van der Waals surface area contributed by atoms with Gasteiger partial charge in [-0.15, -0.1) is 0 Å². The summed E-state index contributed by atoms with van der Waals surface area (Å²) in [6, 6.07) is 0.673. The molecule has 0 amide bonds. The Morgan fingerprint density at radius 1 is 1.24 bits per heavy atom. The van der Waals surface area contributed by atoms with Crippen LogP contribution in [-0.2, 0) is 0 Å². The highest BCUT2D eigenvalue weighted by Gasteiger charge is 2.36. The monoisotopic (exact) mass is 240 g/mol. The molecular formula is C15H32N2. The molecule has 0 aromatic heterocycles. The van der Waals surface area contributed by atoms with E-state index in [4.69, 9.17) is 0 Å². The Balaban J connectivity index is 2.70. The van der Waals surface area contributed by atoms with Crippen molar-refractivity contribution in [2.45, 2.75) is 72.4 Å². The maximum absolute atomic E-state index is 3.77. The van der Waals surface area contributed by atoms with Crippen molar-refractivity contribution in [3.63, 3.8) is 0 Å². The van der Waals surface area contributed by atoms with Gasteiger partial charge in [-0.25, -0.2) is 0 Å². The molecule has 102 valence electrons. The lowest BCUT2D eigenvalue weighted by atomic mass is 9.85. The fourth-order valence-corrected chi connectivity index (χ4v) is 2.69. The maximum Gasteiger partial charge on any atom is 0.0304 e. The van der Waals surface area contributed by atoms with Gasteiger partial charge < -0.3 is 5.32 Å². The van der Waals surface area contributed by atoms with Gasteiger partial charge in [0.2, 0.25) is 0 Å². The molecular weight excluding hydrogens is 208 g/mol. The zero-order valence-electron chi connectivity index (χ0n) is 12.8. The van der Waals surface area contributed by atoms with Crippen molar-refractivity contribution in [2.75, 3.05) is 19.6 Å². The van der Waals surface area contributed by atoms with Crippen LogP contribution in [0, 0.1) is 5.41 Å². The molecule has 2 heteroatoms. The van der Waals surface area contributed by atoms with Gasteiger partial charge in [0.15, 0.2) is 0 Å². The molecule has 0 aliphatic carbocycles. The predicted molar refractivity (Wildman–Crippen MR) is 76.4 cm³/mol. The van der Waals surface area contributed by atoms with Crippen molar-refractivity contribution in [3.05, 3.63) is 0 Å². The zero-order valence-corrected chi connectivity index (χ0v) is 12.8. The fraction of sp³-hybridized carbons (Fsp3) is 1.00. The Bertz CT molecular complexity index is 231. The number of piperazine rings is 1.